The molecule has 2 aliphatic rings. The number of hydrogen-bond acceptors (Lipinski definition) is 4. The molecular formula is C23H27N6P. The monoisotopic (exact) mass is 418 g/mol. The summed E-state index contributed by atoms with van der Waals surface area (Å²) < 4.78 is 2.28. The Labute approximate surface area is 179 Å². The van der Waals surface area contributed by atoms with E-state index in [1.165, 1.54) is 12.8 Å². The summed E-state index contributed by atoms with van der Waals surface area (Å²) in [5.74, 6) is 8.52. The Hall–Kier alpha value is -2.45. The minimum absolute atomic E-state index is 0.372. The van der Waals surface area contributed by atoms with E-state index < -0.39 is 0 Å². The SMILES string of the molecule is CN1CCC[C@H]1c1ncc(C#Cc2ccc(-c3cnc([C@@H]4CCCN4P)[nH]3)cc2)[nH]1. The molecule has 1 unspecified atom stereocenters. The molecule has 5 rings (SSSR count). The zero-order valence-corrected chi connectivity index (χ0v) is 18.4. The number of aromatic nitrogens is 4. The molecule has 7 heteroatoms. The first-order valence-electron chi connectivity index (χ1n) is 10.6. The number of nitrogens with one attached hydrogen (secondary N) is 2. The molecule has 0 saturated carbocycles. The van der Waals surface area contributed by atoms with Gasteiger partial charge in [0.05, 0.1) is 30.2 Å². The van der Waals surface area contributed by atoms with Gasteiger partial charge in [-0.2, -0.15) is 0 Å². The van der Waals surface area contributed by atoms with Crippen molar-refractivity contribution in [3.63, 3.8) is 0 Å². The van der Waals surface area contributed by atoms with E-state index in [0.717, 1.165) is 60.1 Å². The molecule has 6 nitrogen and oxygen atoms in total. The van der Waals surface area contributed by atoms with E-state index >= 15 is 0 Å². The van der Waals surface area contributed by atoms with Crippen LogP contribution < -0.4 is 0 Å². The molecule has 4 heterocycles. The molecule has 30 heavy (non-hydrogen) atoms. The average Bonchev–Trinajstić information content (AvgIpc) is 3.54. The highest BCUT2D eigenvalue weighted by Crippen LogP contribution is 2.33. The second kappa shape index (κ2) is 8.35. The lowest BCUT2D eigenvalue weighted by molar-refractivity contribution is 0.307. The zero-order chi connectivity index (χ0) is 20.5. The van der Waals surface area contributed by atoms with Crippen LogP contribution in [0.3, 0.4) is 0 Å². The predicted octanol–water partition coefficient (Wildman–Crippen LogP) is 3.89. The number of imidazole rings is 2. The van der Waals surface area contributed by atoms with E-state index in [1.54, 1.807) is 0 Å². The van der Waals surface area contributed by atoms with Crippen LogP contribution in [0.2, 0.25) is 0 Å². The van der Waals surface area contributed by atoms with Crippen molar-refractivity contribution < 1.29 is 0 Å². The van der Waals surface area contributed by atoms with Crippen molar-refractivity contribution in [2.45, 2.75) is 37.8 Å². The van der Waals surface area contributed by atoms with Gasteiger partial charge in [-0.05, 0) is 62.9 Å². The topological polar surface area (TPSA) is 63.8 Å². The summed E-state index contributed by atoms with van der Waals surface area (Å²) in [5, 5.41) is 0. The Balaban J connectivity index is 1.27. The number of hydrogen-bond donors (Lipinski definition) is 2. The highest BCUT2D eigenvalue weighted by Gasteiger charge is 2.26. The van der Waals surface area contributed by atoms with Gasteiger partial charge in [-0.15, -0.1) is 0 Å². The second-order valence-corrected chi connectivity index (χ2v) is 8.89. The minimum atomic E-state index is 0.372. The molecule has 3 atom stereocenters. The van der Waals surface area contributed by atoms with Gasteiger partial charge in [0.2, 0.25) is 0 Å². The van der Waals surface area contributed by atoms with E-state index in [9.17, 15) is 0 Å². The lowest BCUT2D eigenvalue weighted by atomic mass is 10.1. The molecule has 3 aromatic rings. The number of likely N-dealkylation sites (tertiary alicyclic amines) is 1. The molecular weight excluding hydrogens is 391 g/mol. The van der Waals surface area contributed by atoms with Gasteiger partial charge in [-0.25, -0.2) is 9.97 Å². The van der Waals surface area contributed by atoms with E-state index in [2.05, 4.69) is 82.1 Å². The molecule has 2 saturated heterocycles. The Morgan fingerprint density at radius 2 is 1.67 bits per heavy atom. The van der Waals surface area contributed by atoms with E-state index in [0.29, 0.717) is 12.1 Å². The van der Waals surface area contributed by atoms with Crippen LogP contribution >= 0.6 is 9.39 Å². The number of nitrogens with zero attached hydrogens (tertiary/aromatic N) is 4. The van der Waals surface area contributed by atoms with Crippen molar-refractivity contribution in [3.8, 4) is 23.1 Å². The Kier molecular flexibility index (Phi) is 5.43. The third-order valence-electron chi connectivity index (χ3n) is 6.17. The molecule has 2 aromatic heterocycles. The maximum absolute atomic E-state index is 4.61. The predicted molar refractivity (Wildman–Crippen MR) is 122 cm³/mol. The van der Waals surface area contributed by atoms with Crippen LogP contribution in [0.5, 0.6) is 0 Å². The van der Waals surface area contributed by atoms with Gasteiger partial charge >= 0.3 is 0 Å². The van der Waals surface area contributed by atoms with Crippen LogP contribution in [0.25, 0.3) is 11.3 Å². The fourth-order valence-electron chi connectivity index (χ4n) is 4.43. The Morgan fingerprint density at radius 1 is 0.933 bits per heavy atom. The second-order valence-electron chi connectivity index (χ2n) is 8.23. The van der Waals surface area contributed by atoms with Crippen LogP contribution in [0, 0.1) is 11.8 Å². The van der Waals surface area contributed by atoms with E-state index in [4.69, 9.17) is 0 Å². The molecule has 154 valence electrons. The number of aromatic amines is 2. The fraction of sp³-hybridized carbons (Fsp3) is 0.391. The van der Waals surface area contributed by atoms with Gasteiger partial charge in [-0.1, -0.05) is 27.4 Å². The van der Waals surface area contributed by atoms with Gasteiger partial charge in [0.25, 0.3) is 0 Å². The molecule has 1 aromatic carbocycles. The summed E-state index contributed by atoms with van der Waals surface area (Å²) in [6, 6.07) is 9.07. The molecule has 0 bridgehead atoms. The smallest absolute Gasteiger partial charge is 0.124 e. The summed E-state index contributed by atoms with van der Waals surface area (Å²) in [6.07, 6.45) is 8.52. The van der Waals surface area contributed by atoms with Gasteiger partial charge < -0.3 is 9.97 Å². The maximum atomic E-state index is 4.61. The van der Waals surface area contributed by atoms with Crippen molar-refractivity contribution in [3.05, 3.63) is 59.6 Å². The zero-order valence-electron chi connectivity index (χ0n) is 17.2. The quantitative estimate of drug-likeness (QED) is 0.500. The minimum Gasteiger partial charge on any atom is -0.341 e. The molecule has 0 amide bonds. The van der Waals surface area contributed by atoms with Crippen LogP contribution in [-0.4, -0.2) is 49.6 Å². The summed E-state index contributed by atoms with van der Waals surface area (Å²) in [4.78, 5) is 18.4. The van der Waals surface area contributed by atoms with Crippen LogP contribution in [0.4, 0.5) is 0 Å². The van der Waals surface area contributed by atoms with Gasteiger partial charge in [0, 0.05) is 12.1 Å². The Morgan fingerprint density at radius 3 is 2.40 bits per heavy atom. The molecule has 2 aliphatic heterocycles. The molecule has 2 fully saturated rings. The molecule has 0 aliphatic carbocycles. The highest BCUT2D eigenvalue weighted by molar-refractivity contribution is 7.13. The first-order valence-corrected chi connectivity index (χ1v) is 11.1. The number of H-pyrrole nitrogens is 2. The van der Waals surface area contributed by atoms with Crippen molar-refractivity contribution in [2.75, 3.05) is 20.1 Å². The number of rotatable bonds is 3. The maximum Gasteiger partial charge on any atom is 0.124 e. The van der Waals surface area contributed by atoms with Gasteiger partial charge in [-0.3, -0.25) is 9.57 Å². The average molecular weight is 418 g/mol. The molecule has 2 N–H and O–H groups in total. The Bertz CT molecular complexity index is 1070. The van der Waals surface area contributed by atoms with Crippen molar-refractivity contribution >= 4 is 9.39 Å². The van der Waals surface area contributed by atoms with Crippen LogP contribution in [0.15, 0.2) is 36.7 Å². The number of benzene rings is 1. The van der Waals surface area contributed by atoms with E-state index in [-0.39, 0.29) is 0 Å². The third-order valence-corrected chi connectivity index (χ3v) is 6.79. The van der Waals surface area contributed by atoms with Gasteiger partial charge in [0.15, 0.2) is 0 Å². The largest absolute Gasteiger partial charge is 0.341 e. The molecule has 0 radical (unpaired) electrons. The standard InChI is InChI=1S/C23H27N6P/c1-28-12-2-4-20(28)22-24-14-18(26-22)11-8-16-6-9-17(10-7-16)19-15-25-23(27-19)21-5-3-13-29(21)30/h6-7,9-10,14-15,20-21H,2-5,12-13,30H2,1H3,(H,24,26)(H,25,27)/t20-,21-/m0/s1. The lowest BCUT2D eigenvalue weighted by Gasteiger charge is -2.16. The van der Waals surface area contributed by atoms with Crippen LogP contribution in [-0.2, 0) is 0 Å². The van der Waals surface area contributed by atoms with E-state index in [1.807, 2.05) is 12.4 Å². The van der Waals surface area contributed by atoms with Gasteiger partial charge in [0.1, 0.15) is 17.3 Å². The summed E-state index contributed by atoms with van der Waals surface area (Å²) >= 11 is 0. The summed E-state index contributed by atoms with van der Waals surface area (Å²) in [5.41, 5.74) is 4.03. The summed E-state index contributed by atoms with van der Waals surface area (Å²) in [7, 11) is 4.97. The summed E-state index contributed by atoms with van der Waals surface area (Å²) in [6.45, 7) is 2.24. The lowest BCUT2D eigenvalue weighted by Crippen LogP contribution is -2.18. The normalized spacial score (nSPS) is 22.3. The third kappa shape index (κ3) is 3.94. The van der Waals surface area contributed by atoms with Crippen molar-refractivity contribution in [2.24, 2.45) is 0 Å². The fourth-order valence-corrected chi connectivity index (χ4v) is 4.91. The van der Waals surface area contributed by atoms with Crippen molar-refractivity contribution in [1.82, 2.24) is 29.5 Å². The van der Waals surface area contributed by atoms with Crippen LogP contribution in [0.1, 0.15) is 60.7 Å². The first kappa shape index (κ1) is 19.5. The highest BCUT2D eigenvalue weighted by atomic mass is 31.0. The van der Waals surface area contributed by atoms with Crippen molar-refractivity contribution in [1.29, 1.82) is 0 Å². The first-order chi connectivity index (χ1) is 14.7. The molecule has 0 spiro atoms.